The molecule has 0 unspecified atom stereocenters. The first kappa shape index (κ1) is 4.11. The molecule has 0 spiro atoms. The second-order valence-corrected chi connectivity index (χ2v) is 1.36. The summed E-state index contributed by atoms with van der Waals surface area (Å²) in [6.45, 7) is 1.85. The van der Waals surface area contributed by atoms with Crippen LogP contribution in [0.2, 0.25) is 0 Å². The third kappa shape index (κ3) is 0.677. The molecule has 4 N–H and O–H groups in total. The highest BCUT2D eigenvalue weighted by molar-refractivity contribution is 4.99. The van der Waals surface area contributed by atoms with Gasteiger partial charge in [0.15, 0.2) is 5.82 Å². The quantitative estimate of drug-likeness (QED) is 0.443. The summed E-state index contributed by atoms with van der Waals surface area (Å²) in [7, 11) is 0. The van der Waals surface area contributed by atoms with Crippen molar-refractivity contribution in [1.82, 2.24) is 10.2 Å². The van der Waals surface area contributed by atoms with Gasteiger partial charge in [-0.05, 0) is 0 Å². The fourth-order valence-electron chi connectivity index (χ4n) is 0.392. The van der Waals surface area contributed by atoms with Crippen LogP contribution in [0.5, 0.6) is 0 Å². The Morgan fingerprint density at radius 3 is 2.71 bits per heavy atom. The van der Waals surface area contributed by atoms with Crippen LogP contribution in [0.25, 0.3) is 0 Å². The molecule has 0 saturated carbocycles. The Morgan fingerprint density at radius 1 is 1.86 bits per heavy atom. The average Bonchev–Trinajstić information content (AvgIpc) is 1.87. The maximum absolute atomic E-state index is 5.18. The fraction of sp³-hybridized carbons (Fsp3) is 0.333. The summed E-state index contributed by atoms with van der Waals surface area (Å²) in [6.07, 6.45) is 0. The lowest BCUT2D eigenvalue weighted by Crippen LogP contribution is -2.07. The van der Waals surface area contributed by atoms with Crippen molar-refractivity contribution >= 4 is 5.95 Å². The molecule has 0 bridgehead atoms. The number of nitrogens with two attached hydrogens (primary N) is 1. The molecule has 0 saturated heterocycles. The van der Waals surface area contributed by atoms with Crippen LogP contribution >= 0.6 is 0 Å². The lowest BCUT2D eigenvalue weighted by Gasteiger charge is -1.63. The van der Waals surface area contributed by atoms with Gasteiger partial charge >= 0.3 is 5.95 Å². The highest BCUT2D eigenvalue weighted by Crippen LogP contribution is 1.77. The molecule has 1 rings (SSSR count). The Hall–Kier alpha value is -1.06. The van der Waals surface area contributed by atoms with Crippen molar-refractivity contribution in [3.8, 4) is 0 Å². The van der Waals surface area contributed by atoms with Gasteiger partial charge in [-0.3, -0.25) is 0 Å². The van der Waals surface area contributed by atoms with E-state index in [1.165, 1.54) is 0 Å². The van der Waals surface area contributed by atoms with Crippen LogP contribution in [0.4, 0.5) is 5.95 Å². The minimum atomic E-state index is 0.428. The van der Waals surface area contributed by atoms with Crippen molar-refractivity contribution in [1.29, 1.82) is 0 Å². The van der Waals surface area contributed by atoms with Gasteiger partial charge in [0, 0.05) is 12.0 Å². The molecule has 0 aliphatic heterocycles. The maximum Gasteiger partial charge on any atom is 0.372 e. The van der Waals surface area contributed by atoms with Crippen LogP contribution in [-0.2, 0) is 0 Å². The first-order valence-electron chi connectivity index (χ1n) is 1.99. The molecule has 1 aromatic rings. The molecule has 0 fully saturated rings. The molecule has 0 aliphatic carbocycles. The van der Waals surface area contributed by atoms with E-state index in [9.17, 15) is 0 Å². The zero-order valence-electron chi connectivity index (χ0n) is 4.02. The predicted octanol–water partition coefficient (Wildman–Crippen LogP) is -0.886. The van der Waals surface area contributed by atoms with Gasteiger partial charge in [0.25, 0.3) is 0 Å². The highest BCUT2D eigenvalue weighted by Gasteiger charge is 1.95. The van der Waals surface area contributed by atoms with E-state index in [1.807, 2.05) is 6.92 Å². The summed E-state index contributed by atoms with van der Waals surface area (Å²) in [5.41, 5.74) is 5.18. The number of aromatic amines is 2. The molecule has 4 nitrogen and oxygen atoms in total. The summed E-state index contributed by atoms with van der Waals surface area (Å²) >= 11 is 0. The molecule has 0 radical (unpaired) electrons. The van der Waals surface area contributed by atoms with Gasteiger partial charge in [-0.1, -0.05) is 0 Å². The Bertz CT molecular complexity index is 139. The van der Waals surface area contributed by atoms with E-state index in [0.29, 0.717) is 5.95 Å². The van der Waals surface area contributed by atoms with Gasteiger partial charge in [-0.15, -0.1) is 0 Å². The van der Waals surface area contributed by atoms with Gasteiger partial charge in [-0.25, -0.2) is 4.98 Å². The summed E-state index contributed by atoms with van der Waals surface area (Å²) in [5.74, 6) is 1.30. The Morgan fingerprint density at radius 2 is 2.57 bits per heavy atom. The van der Waals surface area contributed by atoms with Crippen molar-refractivity contribution in [3.63, 3.8) is 0 Å². The lowest BCUT2D eigenvalue weighted by atomic mass is 10.8. The number of aryl methyl sites for hydroxylation is 1. The number of nitrogen functional groups attached to an aromatic ring is 1. The first-order valence-corrected chi connectivity index (χ1v) is 1.99. The van der Waals surface area contributed by atoms with E-state index in [4.69, 9.17) is 5.73 Å². The van der Waals surface area contributed by atoms with E-state index < -0.39 is 0 Å². The Labute approximate surface area is 40.8 Å². The van der Waals surface area contributed by atoms with Gasteiger partial charge in [0.1, 0.15) is 0 Å². The summed E-state index contributed by atoms with van der Waals surface area (Å²) in [4.78, 5) is 2.75. The smallest absolute Gasteiger partial charge is 0.305 e. The van der Waals surface area contributed by atoms with E-state index in [0.717, 1.165) is 5.82 Å². The number of aromatic nitrogens is 3. The van der Waals surface area contributed by atoms with E-state index in [2.05, 4.69) is 15.2 Å². The second kappa shape index (κ2) is 1.22. The minimum absolute atomic E-state index is 0.428. The van der Waals surface area contributed by atoms with Crippen LogP contribution in [0, 0.1) is 6.92 Å². The summed E-state index contributed by atoms with van der Waals surface area (Å²) in [5, 5.41) is 6.25. The number of anilines is 1. The van der Waals surface area contributed by atoms with Crippen molar-refractivity contribution in [3.05, 3.63) is 5.82 Å². The number of H-pyrrole nitrogens is 2. The van der Waals surface area contributed by atoms with Crippen molar-refractivity contribution in [2.24, 2.45) is 0 Å². The summed E-state index contributed by atoms with van der Waals surface area (Å²) in [6, 6.07) is 0. The molecule has 0 aliphatic rings. The van der Waals surface area contributed by atoms with E-state index in [-0.39, 0.29) is 0 Å². The normalized spacial score (nSPS) is 9.29. The molecule has 7 heavy (non-hydrogen) atoms. The highest BCUT2D eigenvalue weighted by atomic mass is 15.2. The molecule has 0 atom stereocenters. The maximum atomic E-state index is 5.18. The van der Waals surface area contributed by atoms with Crippen LogP contribution < -0.4 is 10.7 Å². The minimum Gasteiger partial charge on any atom is -0.305 e. The number of nitrogens with one attached hydrogen (secondary N) is 2. The molecular formula is C3H7N4+. The second-order valence-electron chi connectivity index (χ2n) is 1.36. The zero-order chi connectivity index (χ0) is 5.28. The molecule has 4 heteroatoms. The topological polar surface area (TPSA) is 68.8 Å². The van der Waals surface area contributed by atoms with Crippen LogP contribution in [0.1, 0.15) is 5.82 Å². The fourth-order valence-corrected chi connectivity index (χ4v) is 0.392. The van der Waals surface area contributed by atoms with Crippen molar-refractivity contribution in [2.75, 3.05) is 5.73 Å². The monoisotopic (exact) mass is 99.1 g/mol. The standard InChI is InChI=1S/C3H6N4/c1-2-5-3(4)7-6-2/h1H3,(H3,4,5,6,7)/p+1. The van der Waals surface area contributed by atoms with Gasteiger partial charge in [0.2, 0.25) is 0 Å². The predicted molar refractivity (Wildman–Crippen MR) is 24.3 cm³/mol. The first-order chi connectivity index (χ1) is 3.29. The Kier molecular flexibility index (Phi) is 0.714. The third-order valence-corrected chi connectivity index (χ3v) is 0.660. The molecule has 1 aromatic heterocycles. The molecule has 38 valence electrons. The number of hydrogen-bond donors (Lipinski definition) is 2. The number of nitrogens with zero attached hydrogens (tertiary/aromatic N) is 1. The molecule has 0 amide bonds. The average molecular weight is 99.1 g/mol. The van der Waals surface area contributed by atoms with Crippen molar-refractivity contribution in [2.45, 2.75) is 6.92 Å². The third-order valence-electron chi connectivity index (χ3n) is 0.660. The van der Waals surface area contributed by atoms with Crippen LogP contribution in [-0.4, -0.2) is 10.2 Å². The van der Waals surface area contributed by atoms with Gasteiger partial charge < -0.3 is 5.73 Å². The molecular weight excluding hydrogens is 92.1 g/mol. The van der Waals surface area contributed by atoms with E-state index in [1.54, 1.807) is 0 Å². The molecule has 1 heterocycles. The Balaban J connectivity index is 3.04. The van der Waals surface area contributed by atoms with Crippen molar-refractivity contribution < 1.29 is 4.98 Å². The van der Waals surface area contributed by atoms with E-state index >= 15 is 0 Å². The van der Waals surface area contributed by atoms with Crippen LogP contribution in [0.15, 0.2) is 0 Å². The van der Waals surface area contributed by atoms with Gasteiger partial charge in [0.05, 0.1) is 0 Å². The van der Waals surface area contributed by atoms with Crippen LogP contribution in [0.3, 0.4) is 0 Å². The van der Waals surface area contributed by atoms with Gasteiger partial charge in [-0.2, -0.15) is 5.10 Å². The lowest BCUT2D eigenvalue weighted by molar-refractivity contribution is -0.370. The number of hydrogen-bond acceptors (Lipinski definition) is 2. The largest absolute Gasteiger partial charge is 0.372 e. The molecule has 0 aromatic carbocycles. The number of rotatable bonds is 0. The zero-order valence-corrected chi connectivity index (χ0v) is 4.02. The summed E-state index contributed by atoms with van der Waals surface area (Å²) < 4.78 is 0. The SMILES string of the molecule is Cc1[nH]nc(N)[nH+]1.